The fourth-order valence-electron chi connectivity index (χ4n) is 2.23. The van der Waals surface area contributed by atoms with Crippen LogP contribution in [0.5, 0.6) is 0 Å². The van der Waals surface area contributed by atoms with Crippen molar-refractivity contribution < 1.29 is 9.59 Å². The molecule has 2 amide bonds. The van der Waals surface area contributed by atoms with Crippen LogP contribution in [0.4, 0.5) is 11.4 Å². The molecule has 0 radical (unpaired) electrons. The number of hydrogen-bond acceptors (Lipinski definition) is 3. The molecule has 0 bridgehead atoms. The number of halogens is 1. The van der Waals surface area contributed by atoms with Gasteiger partial charge in [0.2, 0.25) is 5.91 Å². The average molecular weight is 361 g/mol. The Balaban J connectivity index is 1.67. The van der Waals surface area contributed by atoms with Crippen LogP contribution in [0.3, 0.4) is 0 Å². The molecule has 3 rings (SSSR count). The Morgan fingerprint density at radius 2 is 1.67 bits per heavy atom. The van der Waals surface area contributed by atoms with E-state index in [-0.39, 0.29) is 17.7 Å². The van der Waals surface area contributed by atoms with Gasteiger partial charge in [-0.15, -0.1) is 11.8 Å². The van der Waals surface area contributed by atoms with E-state index < -0.39 is 0 Å². The lowest BCUT2D eigenvalue weighted by atomic mass is 10.2. The number of anilines is 2. The lowest BCUT2D eigenvalue weighted by Gasteiger charge is -2.09. The van der Waals surface area contributed by atoms with E-state index in [0.29, 0.717) is 16.3 Å². The summed E-state index contributed by atoms with van der Waals surface area (Å²) in [7, 11) is 0. The zero-order valence-electron chi connectivity index (χ0n) is 13.1. The summed E-state index contributed by atoms with van der Waals surface area (Å²) in [6, 6.07) is 12.4. The van der Waals surface area contributed by atoms with Crippen LogP contribution in [0.2, 0.25) is 5.02 Å². The number of nitrogens with one attached hydrogen (secondary N) is 2. The van der Waals surface area contributed by atoms with Crippen molar-refractivity contribution in [1.82, 2.24) is 0 Å². The van der Waals surface area contributed by atoms with Gasteiger partial charge in [-0.1, -0.05) is 11.6 Å². The molecule has 0 heterocycles. The van der Waals surface area contributed by atoms with Crippen molar-refractivity contribution in [3.05, 3.63) is 53.1 Å². The van der Waals surface area contributed by atoms with E-state index in [1.54, 1.807) is 48.2 Å². The van der Waals surface area contributed by atoms with Crippen LogP contribution in [0.25, 0.3) is 0 Å². The number of carbonyl (C=O) groups is 2. The van der Waals surface area contributed by atoms with Crippen molar-refractivity contribution in [3.63, 3.8) is 0 Å². The second-order valence-corrected chi connectivity index (χ2v) is 6.93. The molecule has 0 spiro atoms. The van der Waals surface area contributed by atoms with E-state index in [0.717, 1.165) is 23.4 Å². The van der Waals surface area contributed by atoms with Crippen LogP contribution >= 0.6 is 23.4 Å². The maximum atomic E-state index is 12.4. The number of benzene rings is 2. The molecule has 2 aromatic carbocycles. The van der Waals surface area contributed by atoms with Crippen LogP contribution in [0.15, 0.2) is 47.4 Å². The fraction of sp³-hybridized carbons (Fsp3) is 0.222. The van der Waals surface area contributed by atoms with Crippen LogP contribution in [-0.4, -0.2) is 18.1 Å². The Labute approximate surface area is 150 Å². The Kier molecular flexibility index (Phi) is 5.11. The first-order valence-electron chi connectivity index (χ1n) is 7.62. The molecule has 24 heavy (non-hydrogen) atoms. The molecule has 1 saturated carbocycles. The molecule has 6 heteroatoms. The van der Waals surface area contributed by atoms with Gasteiger partial charge in [-0.3, -0.25) is 9.59 Å². The van der Waals surface area contributed by atoms with Gasteiger partial charge < -0.3 is 10.6 Å². The quantitative estimate of drug-likeness (QED) is 0.762. The third kappa shape index (κ3) is 4.10. The van der Waals surface area contributed by atoms with E-state index in [1.165, 1.54) is 0 Å². The fourth-order valence-corrected chi connectivity index (χ4v) is 2.87. The minimum absolute atomic E-state index is 0.0625. The number of thioether (sulfide) groups is 1. The number of carbonyl (C=O) groups excluding carboxylic acids is 2. The molecule has 1 aliphatic rings. The van der Waals surface area contributed by atoms with Crippen molar-refractivity contribution in [1.29, 1.82) is 0 Å². The van der Waals surface area contributed by atoms with E-state index in [2.05, 4.69) is 10.6 Å². The SMILES string of the molecule is CSc1ccc(Cl)c(C(=O)Nc2ccc(NC(=O)C3CC3)cc2)c1. The predicted octanol–water partition coefficient (Wildman–Crippen LogP) is 4.66. The summed E-state index contributed by atoms with van der Waals surface area (Å²) in [5, 5.41) is 6.10. The zero-order chi connectivity index (χ0) is 17.1. The summed E-state index contributed by atoms with van der Waals surface area (Å²) in [5.74, 6) is -0.0339. The first-order valence-corrected chi connectivity index (χ1v) is 9.23. The monoisotopic (exact) mass is 360 g/mol. The van der Waals surface area contributed by atoms with E-state index in [1.807, 2.05) is 12.3 Å². The largest absolute Gasteiger partial charge is 0.326 e. The van der Waals surface area contributed by atoms with Gasteiger partial charge in [0.1, 0.15) is 0 Å². The van der Waals surface area contributed by atoms with E-state index in [9.17, 15) is 9.59 Å². The molecule has 0 aliphatic heterocycles. The molecule has 1 fully saturated rings. The van der Waals surface area contributed by atoms with Crippen molar-refractivity contribution in [2.75, 3.05) is 16.9 Å². The molecular formula is C18H17ClN2O2S. The Morgan fingerprint density at radius 3 is 2.25 bits per heavy atom. The lowest BCUT2D eigenvalue weighted by Crippen LogP contribution is -2.14. The predicted molar refractivity (Wildman–Crippen MR) is 99.0 cm³/mol. The normalized spacial score (nSPS) is 13.4. The highest BCUT2D eigenvalue weighted by molar-refractivity contribution is 7.98. The number of amides is 2. The lowest BCUT2D eigenvalue weighted by molar-refractivity contribution is -0.117. The third-order valence-electron chi connectivity index (χ3n) is 3.78. The van der Waals surface area contributed by atoms with E-state index >= 15 is 0 Å². The summed E-state index contributed by atoms with van der Waals surface area (Å²) in [6.07, 6.45) is 3.88. The van der Waals surface area contributed by atoms with Crippen molar-refractivity contribution >= 4 is 46.6 Å². The standard InChI is InChI=1S/C18H17ClN2O2S/c1-24-14-8-9-16(19)15(10-14)18(23)21-13-6-4-12(5-7-13)20-17(22)11-2-3-11/h4-11H,2-3H2,1H3,(H,20,22)(H,21,23). The molecule has 1 aliphatic carbocycles. The van der Waals surface area contributed by atoms with E-state index in [4.69, 9.17) is 11.6 Å². The number of hydrogen-bond donors (Lipinski definition) is 2. The zero-order valence-corrected chi connectivity index (χ0v) is 14.7. The Hall–Kier alpha value is -1.98. The molecule has 0 unspecified atom stereocenters. The molecule has 4 nitrogen and oxygen atoms in total. The van der Waals surface area contributed by atoms with Crippen molar-refractivity contribution in [2.45, 2.75) is 17.7 Å². The maximum Gasteiger partial charge on any atom is 0.257 e. The second kappa shape index (κ2) is 7.28. The van der Waals surface area contributed by atoms with Gasteiger partial charge in [0.25, 0.3) is 5.91 Å². The number of rotatable bonds is 5. The first kappa shape index (κ1) is 16.9. The highest BCUT2D eigenvalue weighted by Crippen LogP contribution is 2.30. The van der Waals surface area contributed by atoms with Gasteiger partial charge in [0.15, 0.2) is 0 Å². The molecule has 124 valence electrons. The van der Waals surface area contributed by atoms with Gasteiger partial charge in [0, 0.05) is 22.2 Å². The maximum absolute atomic E-state index is 12.4. The van der Waals surface area contributed by atoms with Gasteiger partial charge >= 0.3 is 0 Å². The molecular weight excluding hydrogens is 344 g/mol. The summed E-state index contributed by atoms with van der Waals surface area (Å²) in [6.45, 7) is 0. The van der Waals surface area contributed by atoms with Crippen molar-refractivity contribution in [2.24, 2.45) is 5.92 Å². The average Bonchev–Trinajstić information content (AvgIpc) is 3.42. The highest BCUT2D eigenvalue weighted by Gasteiger charge is 2.29. The molecule has 0 saturated heterocycles. The van der Waals surface area contributed by atoms with Crippen LogP contribution < -0.4 is 10.6 Å². The van der Waals surface area contributed by atoms with Gasteiger partial charge in [-0.05, 0) is 61.6 Å². The van der Waals surface area contributed by atoms with Gasteiger partial charge in [-0.25, -0.2) is 0 Å². The van der Waals surface area contributed by atoms with Gasteiger partial charge in [0.05, 0.1) is 10.6 Å². The second-order valence-electron chi connectivity index (χ2n) is 5.64. The Bertz CT molecular complexity index is 773. The highest BCUT2D eigenvalue weighted by atomic mass is 35.5. The molecule has 0 aromatic heterocycles. The smallest absolute Gasteiger partial charge is 0.257 e. The van der Waals surface area contributed by atoms with Gasteiger partial charge in [-0.2, -0.15) is 0 Å². The summed E-state index contributed by atoms with van der Waals surface area (Å²) >= 11 is 7.67. The third-order valence-corrected chi connectivity index (χ3v) is 4.83. The Morgan fingerprint density at radius 1 is 1.04 bits per heavy atom. The summed E-state index contributed by atoms with van der Waals surface area (Å²) in [4.78, 5) is 25.1. The van der Waals surface area contributed by atoms with Crippen LogP contribution in [-0.2, 0) is 4.79 Å². The topological polar surface area (TPSA) is 58.2 Å². The molecule has 2 aromatic rings. The van der Waals surface area contributed by atoms with Crippen molar-refractivity contribution in [3.8, 4) is 0 Å². The minimum Gasteiger partial charge on any atom is -0.326 e. The molecule has 2 N–H and O–H groups in total. The first-order chi connectivity index (χ1) is 11.6. The summed E-state index contributed by atoms with van der Waals surface area (Å²) in [5.41, 5.74) is 1.82. The minimum atomic E-state index is -0.259. The molecule has 0 atom stereocenters. The van der Waals surface area contributed by atoms with Crippen LogP contribution in [0.1, 0.15) is 23.2 Å². The van der Waals surface area contributed by atoms with Crippen LogP contribution in [0, 0.1) is 5.92 Å². The summed E-state index contributed by atoms with van der Waals surface area (Å²) < 4.78 is 0.